The van der Waals surface area contributed by atoms with Gasteiger partial charge in [0.25, 0.3) is 0 Å². The minimum Gasteiger partial charge on any atom is -0.218 e. The van der Waals surface area contributed by atoms with Crippen molar-refractivity contribution in [2.24, 2.45) is 0 Å². The van der Waals surface area contributed by atoms with Crippen molar-refractivity contribution in [3.63, 3.8) is 0 Å². The lowest BCUT2D eigenvalue weighted by atomic mass is 9.97. The summed E-state index contributed by atoms with van der Waals surface area (Å²) in [5, 5.41) is 3.59. The molecule has 0 N–H and O–H groups in total. The summed E-state index contributed by atoms with van der Waals surface area (Å²) in [6.45, 7) is 0. The third-order valence-electron chi connectivity index (χ3n) is 4.80. The molecule has 0 atom stereocenters. The van der Waals surface area contributed by atoms with Crippen molar-refractivity contribution < 1.29 is 0 Å². The van der Waals surface area contributed by atoms with E-state index in [1.807, 2.05) is 36.4 Å². The molecular weight excluding hydrogens is 352 g/mol. The summed E-state index contributed by atoms with van der Waals surface area (Å²) in [5.74, 6) is 0. The largest absolute Gasteiger partial charge is 0.223 e. The van der Waals surface area contributed by atoms with E-state index < -0.39 is 0 Å². The first-order chi connectivity index (χ1) is 13.3. The highest BCUT2D eigenvalue weighted by molar-refractivity contribution is 6.29. The summed E-state index contributed by atoms with van der Waals surface area (Å²) in [7, 11) is 0. The number of aromatic nitrogens is 2. The van der Waals surface area contributed by atoms with E-state index in [2.05, 4.69) is 64.6 Å². The maximum atomic E-state index is 6.26. The van der Waals surface area contributed by atoms with Crippen LogP contribution in [0.15, 0.2) is 91.0 Å². The van der Waals surface area contributed by atoms with Crippen LogP contribution in [0.4, 0.5) is 0 Å². The van der Waals surface area contributed by atoms with Gasteiger partial charge in [-0.1, -0.05) is 78.9 Å². The van der Waals surface area contributed by atoms with E-state index in [9.17, 15) is 0 Å². The van der Waals surface area contributed by atoms with Gasteiger partial charge in [-0.15, -0.1) is 0 Å². The summed E-state index contributed by atoms with van der Waals surface area (Å²) >= 11 is 6.26. The molecule has 0 amide bonds. The number of hydrogen-bond acceptors (Lipinski definition) is 2. The average Bonchev–Trinajstić information content (AvgIpc) is 2.73. The number of nitrogens with zero attached hydrogens (tertiary/aromatic N) is 2. The van der Waals surface area contributed by atoms with Crippen LogP contribution < -0.4 is 0 Å². The molecule has 0 saturated heterocycles. The molecule has 128 valence electrons. The van der Waals surface area contributed by atoms with Gasteiger partial charge < -0.3 is 0 Å². The quantitative estimate of drug-likeness (QED) is 0.254. The maximum absolute atomic E-state index is 6.26. The summed E-state index contributed by atoms with van der Waals surface area (Å²) in [4.78, 5) is 9.06. The van der Waals surface area contributed by atoms with Crippen LogP contribution in [0.1, 0.15) is 0 Å². The van der Waals surface area contributed by atoms with E-state index in [1.165, 1.54) is 5.56 Å². The highest BCUT2D eigenvalue weighted by atomic mass is 35.5. The fourth-order valence-electron chi connectivity index (χ4n) is 3.56. The molecule has 0 fully saturated rings. The van der Waals surface area contributed by atoms with Gasteiger partial charge in [-0.2, -0.15) is 0 Å². The lowest BCUT2D eigenvalue weighted by Crippen LogP contribution is -1.93. The van der Waals surface area contributed by atoms with Crippen LogP contribution in [0.3, 0.4) is 0 Å². The number of rotatable bonds is 2. The first-order valence-electron chi connectivity index (χ1n) is 8.80. The van der Waals surface area contributed by atoms with Crippen LogP contribution in [0.2, 0.25) is 5.28 Å². The minimum absolute atomic E-state index is 0.262. The van der Waals surface area contributed by atoms with Crippen LogP contribution >= 0.6 is 11.6 Å². The third kappa shape index (κ3) is 2.84. The molecule has 0 unspecified atom stereocenters. The summed E-state index contributed by atoms with van der Waals surface area (Å²) in [6, 6.07) is 31.1. The number of fused-ring (bicyclic) bond motifs is 3. The lowest BCUT2D eigenvalue weighted by molar-refractivity contribution is 1.23. The molecular formula is C24H15ClN2. The first kappa shape index (κ1) is 16.0. The Morgan fingerprint density at radius 3 is 2.22 bits per heavy atom. The van der Waals surface area contributed by atoms with Gasteiger partial charge in [-0.3, -0.25) is 0 Å². The maximum Gasteiger partial charge on any atom is 0.223 e. The Hall–Kier alpha value is -3.23. The molecule has 0 bridgehead atoms. The molecule has 0 saturated carbocycles. The van der Waals surface area contributed by atoms with Crippen LogP contribution in [0.25, 0.3) is 44.1 Å². The van der Waals surface area contributed by atoms with Crippen molar-refractivity contribution >= 4 is 33.3 Å². The smallest absolute Gasteiger partial charge is 0.218 e. The second kappa shape index (κ2) is 6.49. The summed E-state index contributed by atoms with van der Waals surface area (Å²) in [5.41, 5.74) is 5.07. The van der Waals surface area contributed by atoms with E-state index in [4.69, 9.17) is 11.6 Å². The molecule has 0 aliphatic carbocycles. The van der Waals surface area contributed by atoms with Crippen molar-refractivity contribution in [2.45, 2.75) is 0 Å². The summed E-state index contributed by atoms with van der Waals surface area (Å²) < 4.78 is 0. The SMILES string of the molecule is Clc1nc(-c2cccc(-c3ccccc3)c2)c2c(ccc3ccccc32)n1. The molecule has 5 aromatic rings. The molecule has 0 radical (unpaired) electrons. The molecule has 27 heavy (non-hydrogen) atoms. The Morgan fingerprint density at radius 2 is 1.33 bits per heavy atom. The first-order valence-corrected chi connectivity index (χ1v) is 9.18. The van der Waals surface area contributed by atoms with Crippen LogP contribution in [0.5, 0.6) is 0 Å². The highest BCUT2D eigenvalue weighted by Gasteiger charge is 2.13. The second-order valence-corrected chi connectivity index (χ2v) is 6.81. The molecule has 4 aromatic carbocycles. The van der Waals surface area contributed by atoms with E-state index in [-0.39, 0.29) is 5.28 Å². The normalized spacial score (nSPS) is 11.1. The number of benzene rings is 4. The zero-order valence-electron chi connectivity index (χ0n) is 14.4. The Labute approximate surface area is 162 Å². The van der Waals surface area contributed by atoms with Crippen LogP contribution in [-0.4, -0.2) is 9.97 Å². The summed E-state index contributed by atoms with van der Waals surface area (Å²) in [6.07, 6.45) is 0. The monoisotopic (exact) mass is 366 g/mol. The molecule has 5 rings (SSSR count). The highest BCUT2D eigenvalue weighted by Crippen LogP contribution is 2.34. The van der Waals surface area contributed by atoms with E-state index in [1.54, 1.807) is 0 Å². The molecule has 0 spiro atoms. The number of halogens is 1. The molecule has 1 heterocycles. The topological polar surface area (TPSA) is 25.8 Å². The van der Waals surface area contributed by atoms with E-state index in [0.717, 1.165) is 38.5 Å². The predicted octanol–water partition coefficient (Wildman–Crippen LogP) is 6.77. The predicted molar refractivity (Wildman–Crippen MR) is 113 cm³/mol. The molecule has 3 heteroatoms. The standard InChI is InChI=1S/C24H15ClN2/c25-24-26-21-14-13-17-9-4-5-12-20(17)22(21)23(27-24)19-11-6-10-18(15-19)16-7-2-1-3-8-16/h1-15H. The van der Waals surface area contributed by atoms with Crippen molar-refractivity contribution in [1.29, 1.82) is 0 Å². The van der Waals surface area contributed by atoms with Crippen LogP contribution in [0, 0.1) is 0 Å². The van der Waals surface area contributed by atoms with Crippen molar-refractivity contribution in [3.05, 3.63) is 96.3 Å². The average molecular weight is 367 g/mol. The van der Waals surface area contributed by atoms with Gasteiger partial charge in [-0.25, -0.2) is 9.97 Å². The van der Waals surface area contributed by atoms with Crippen LogP contribution in [-0.2, 0) is 0 Å². The minimum atomic E-state index is 0.262. The fraction of sp³-hybridized carbons (Fsp3) is 0. The van der Waals surface area contributed by atoms with E-state index >= 15 is 0 Å². The van der Waals surface area contributed by atoms with Crippen molar-refractivity contribution in [3.8, 4) is 22.4 Å². The van der Waals surface area contributed by atoms with Gasteiger partial charge in [0.1, 0.15) is 0 Å². The van der Waals surface area contributed by atoms with Gasteiger partial charge in [-0.05, 0) is 45.6 Å². The molecule has 2 nitrogen and oxygen atoms in total. The molecule has 0 aliphatic heterocycles. The van der Waals surface area contributed by atoms with Crippen molar-refractivity contribution in [2.75, 3.05) is 0 Å². The van der Waals surface area contributed by atoms with Gasteiger partial charge in [0, 0.05) is 10.9 Å². The van der Waals surface area contributed by atoms with Gasteiger partial charge in [0.15, 0.2) is 0 Å². The molecule has 0 aliphatic rings. The fourth-order valence-corrected chi connectivity index (χ4v) is 3.74. The van der Waals surface area contributed by atoms with Gasteiger partial charge >= 0.3 is 0 Å². The Morgan fingerprint density at radius 1 is 0.593 bits per heavy atom. The second-order valence-electron chi connectivity index (χ2n) is 6.47. The van der Waals surface area contributed by atoms with Gasteiger partial charge in [0.05, 0.1) is 11.2 Å². The zero-order valence-corrected chi connectivity index (χ0v) is 15.2. The lowest BCUT2D eigenvalue weighted by Gasteiger charge is -2.11. The zero-order chi connectivity index (χ0) is 18.2. The van der Waals surface area contributed by atoms with Gasteiger partial charge in [0.2, 0.25) is 5.28 Å². The van der Waals surface area contributed by atoms with Crippen molar-refractivity contribution in [1.82, 2.24) is 9.97 Å². The Bertz CT molecular complexity index is 1280. The number of hydrogen-bond donors (Lipinski definition) is 0. The molecule has 1 aromatic heterocycles. The Balaban J connectivity index is 1.82. The Kier molecular flexibility index (Phi) is 3.84. The third-order valence-corrected chi connectivity index (χ3v) is 4.97. The van der Waals surface area contributed by atoms with E-state index in [0.29, 0.717) is 0 Å².